The van der Waals surface area contributed by atoms with Crippen LogP contribution in [0.15, 0.2) is 0 Å². The number of nitrogens with zero attached hydrogens (tertiary/aromatic N) is 2. The van der Waals surface area contributed by atoms with Crippen molar-refractivity contribution in [3.8, 4) is 0 Å². The summed E-state index contributed by atoms with van der Waals surface area (Å²) in [6, 6.07) is 0.200. The lowest BCUT2D eigenvalue weighted by atomic mass is 10.1. The minimum atomic E-state index is -0.636. The molecule has 0 radical (unpaired) electrons. The normalized spacial score (nSPS) is 20.1. The quantitative estimate of drug-likeness (QED) is 0.706. The zero-order chi connectivity index (χ0) is 15.0. The van der Waals surface area contributed by atoms with Crippen LogP contribution >= 0.6 is 11.3 Å². The fraction of sp³-hybridized carbons (Fsp3) is 0.500. The first-order valence-corrected chi connectivity index (χ1v) is 7.11. The third kappa shape index (κ3) is 2.44. The van der Waals surface area contributed by atoms with Gasteiger partial charge in [-0.15, -0.1) is 11.3 Å². The van der Waals surface area contributed by atoms with Gasteiger partial charge in [-0.2, -0.15) is 0 Å². The van der Waals surface area contributed by atoms with Gasteiger partial charge in [-0.1, -0.05) is 0 Å². The first-order valence-electron chi connectivity index (χ1n) is 6.30. The van der Waals surface area contributed by atoms with Crippen LogP contribution in [0.25, 0.3) is 0 Å². The highest BCUT2D eigenvalue weighted by Gasteiger charge is 2.30. The Kier molecular flexibility index (Phi) is 3.87. The Morgan fingerprint density at radius 3 is 2.40 bits per heavy atom. The minimum absolute atomic E-state index is 0.0936. The van der Waals surface area contributed by atoms with E-state index in [2.05, 4.69) is 16.7 Å². The summed E-state index contributed by atoms with van der Waals surface area (Å²) in [6.07, 6.45) is 0. The molecular formula is C12H19N5O2S. The first kappa shape index (κ1) is 14.6. The molecule has 0 bridgehead atoms. The maximum atomic E-state index is 11.7. The molecule has 2 heterocycles. The van der Waals surface area contributed by atoms with Crippen molar-refractivity contribution in [1.29, 1.82) is 0 Å². The van der Waals surface area contributed by atoms with Crippen molar-refractivity contribution in [2.45, 2.75) is 13.0 Å². The van der Waals surface area contributed by atoms with Crippen LogP contribution < -0.4 is 22.1 Å². The van der Waals surface area contributed by atoms with E-state index in [4.69, 9.17) is 17.2 Å². The number of hydrogen-bond donors (Lipinski definition) is 3. The minimum Gasteiger partial charge on any atom is -0.397 e. The van der Waals surface area contributed by atoms with Crippen molar-refractivity contribution in [1.82, 2.24) is 4.90 Å². The molecular weight excluding hydrogens is 278 g/mol. The number of thiophene rings is 1. The Bertz CT molecular complexity index is 556. The lowest BCUT2D eigenvalue weighted by Crippen LogP contribution is -2.50. The van der Waals surface area contributed by atoms with E-state index in [0.29, 0.717) is 5.00 Å². The highest BCUT2D eigenvalue weighted by atomic mass is 32.1. The van der Waals surface area contributed by atoms with E-state index in [0.717, 1.165) is 31.0 Å². The fourth-order valence-corrected chi connectivity index (χ4v) is 3.70. The zero-order valence-corrected chi connectivity index (χ0v) is 12.4. The predicted octanol–water partition coefficient (Wildman–Crippen LogP) is -0.332. The second kappa shape index (κ2) is 5.29. The molecule has 20 heavy (non-hydrogen) atoms. The van der Waals surface area contributed by atoms with Crippen LogP contribution in [-0.2, 0) is 0 Å². The van der Waals surface area contributed by atoms with Crippen LogP contribution in [0.5, 0.6) is 0 Å². The molecule has 6 N–H and O–H groups in total. The van der Waals surface area contributed by atoms with E-state index in [1.807, 2.05) is 7.05 Å². The number of primary amides is 2. The summed E-state index contributed by atoms with van der Waals surface area (Å²) in [7, 11) is 2.04. The number of piperazine rings is 1. The van der Waals surface area contributed by atoms with Crippen molar-refractivity contribution >= 4 is 33.8 Å². The summed E-state index contributed by atoms with van der Waals surface area (Å²) in [4.78, 5) is 27.5. The molecule has 0 saturated carbocycles. The molecule has 110 valence electrons. The SMILES string of the molecule is CC1CN(C)CCN1c1sc(C(N)=O)c(N)c1C(N)=O. The molecule has 0 aromatic carbocycles. The van der Waals surface area contributed by atoms with Gasteiger partial charge in [0.05, 0.1) is 11.3 Å². The number of carbonyl (C=O) groups excluding carboxylic acids is 2. The second-order valence-corrected chi connectivity index (χ2v) is 6.06. The number of rotatable bonds is 3. The topological polar surface area (TPSA) is 119 Å². The van der Waals surface area contributed by atoms with Crippen LogP contribution in [0.3, 0.4) is 0 Å². The second-order valence-electron chi connectivity index (χ2n) is 5.06. The number of nitrogens with two attached hydrogens (primary N) is 3. The van der Waals surface area contributed by atoms with E-state index in [-0.39, 0.29) is 22.2 Å². The average molecular weight is 297 g/mol. The molecule has 2 amide bonds. The number of anilines is 2. The van der Waals surface area contributed by atoms with Gasteiger partial charge in [0, 0.05) is 25.7 Å². The molecule has 1 saturated heterocycles. The van der Waals surface area contributed by atoms with E-state index in [1.165, 1.54) is 0 Å². The van der Waals surface area contributed by atoms with Gasteiger partial charge in [0.2, 0.25) is 0 Å². The van der Waals surface area contributed by atoms with Crippen LogP contribution in [0.2, 0.25) is 0 Å². The van der Waals surface area contributed by atoms with Gasteiger partial charge in [0.15, 0.2) is 0 Å². The fourth-order valence-electron chi connectivity index (χ4n) is 2.50. The summed E-state index contributed by atoms with van der Waals surface area (Å²) >= 11 is 1.14. The summed E-state index contributed by atoms with van der Waals surface area (Å²) in [6.45, 7) is 4.53. The zero-order valence-electron chi connectivity index (χ0n) is 11.5. The monoisotopic (exact) mass is 297 g/mol. The van der Waals surface area contributed by atoms with Crippen LogP contribution in [0.1, 0.15) is 27.0 Å². The smallest absolute Gasteiger partial charge is 0.260 e. The Morgan fingerprint density at radius 1 is 1.25 bits per heavy atom. The van der Waals surface area contributed by atoms with Crippen molar-refractivity contribution in [3.05, 3.63) is 10.4 Å². The largest absolute Gasteiger partial charge is 0.397 e. The van der Waals surface area contributed by atoms with Gasteiger partial charge in [-0.3, -0.25) is 9.59 Å². The number of amides is 2. The molecule has 2 rings (SSSR count). The number of likely N-dealkylation sites (N-methyl/N-ethyl adjacent to an activating group) is 1. The Labute approximate surface area is 121 Å². The third-order valence-corrected chi connectivity index (χ3v) is 4.75. The molecule has 1 aliphatic rings. The van der Waals surface area contributed by atoms with Crippen molar-refractivity contribution in [2.24, 2.45) is 11.5 Å². The summed E-state index contributed by atoms with van der Waals surface area (Å²) in [5.41, 5.74) is 16.9. The number of nitrogen functional groups attached to an aromatic ring is 1. The van der Waals surface area contributed by atoms with Crippen molar-refractivity contribution < 1.29 is 9.59 Å². The van der Waals surface area contributed by atoms with Gasteiger partial charge in [0.1, 0.15) is 9.88 Å². The highest BCUT2D eigenvalue weighted by Crippen LogP contribution is 2.39. The third-order valence-electron chi connectivity index (χ3n) is 3.49. The average Bonchev–Trinajstić information content (AvgIpc) is 2.66. The first-order chi connectivity index (χ1) is 9.32. The standard InChI is InChI=1S/C12H19N5O2S/c1-6-5-16(2)3-4-17(6)12-7(10(14)18)8(13)9(20-12)11(15)19/h6H,3-5,13H2,1-2H3,(H2,14,18)(H2,15,19). The summed E-state index contributed by atoms with van der Waals surface area (Å²) in [5.74, 6) is -1.27. The molecule has 7 nitrogen and oxygen atoms in total. The molecule has 1 aliphatic heterocycles. The van der Waals surface area contributed by atoms with Gasteiger partial charge >= 0.3 is 0 Å². The maximum Gasteiger partial charge on any atom is 0.260 e. The molecule has 1 unspecified atom stereocenters. The number of hydrogen-bond acceptors (Lipinski definition) is 6. The van der Waals surface area contributed by atoms with E-state index in [9.17, 15) is 9.59 Å². The summed E-state index contributed by atoms with van der Waals surface area (Å²) < 4.78 is 0. The Hall–Kier alpha value is -1.80. The van der Waals surface area contributed by atoms with Crippen molar-refractivity contribution in [2.75, 3.05) is 37.3 Å². The molecule has 0 aliphatic carbocycles. The maximum absolute atomic E-state index is 11.7. The Balaban J connectivity index is 2.48. The van der Waals surface area contributed by atoms with Crippen LogP contribution in [-0.4, -0.2) is 49.4 Å². The summed E-state index contributed by atoms with van der Waals surface area (Å²) in [5, 5.41) is 0.643. The van der Waals surface area contributed by atoms with E-state index in [1.54, 1.807) is 0 Å². The van der Waals surface area contributed by atoms with E-state index < -0.39 is 11.8 Å². The van der Waals surface area contributed by atoms with Gasteiger partial charge < -0.3 is 27.0 Å². The molecule has 1 fully saturated rings. The molecule has 8 heteroatoms. The lowest BCUT2D eigenvalue weighted by molar-refractivity contribution is 0.0999. The molecule has 1 atom stereocenters. The van der Waals surface area contributed by atoms with Gasteiger partial charge in [-0.05, 0) is 14.0 Å². The van der Waals surface area contributed by atoms with Crippen LogP contribution in [0, 0.1) is 0 Å². The van der Waals surface area contributed by atoms with Gasteiger partial charge in [0.25, 0.3) is 11.8 Å². The van der Waals surface area contributed by atoms with Crippen LogP contribution in [0.4, 0.5) is 10.7 Å². The molecule has 1 aromatic heterocycles. The molecule has 0 spiro atoms. The predicted molar refractivity (Wildman–Crippen MR) is 80.1 cm³/mol. The molecule has 1 aromatic rings. The van der Waals surface area contributed by atoms with Crippen molar-refractivity contribution in [3.63, 3.8) is 0 Å². The van der Waals surface area contributed by atoms with Gasteiger partial charge in [-0.25, -0.2) is 0 Å². The number of carbonyl (C=O) groups is 2. The lowest BCUT2D eigenvalue weighted by Gasteiger charge is -2.39. The Morgan fingerprint density at radius 2 is 1.90 bits per heavy atom. The highest BCUT2D eigenvalue weighted by molar-refractivity contribution is 7.19. The van der Waals surface area contributed by atoms with E-state index >= 15 is 0 Å².